The van der Waals surface area contributed by atoms with Crippen molar-refractivity contribution in [2.24, 2.45) is 5.73 Å². The third-order valence-corrected chi connectivity index (χ3v) is 4.13. The summed E-state index contributed by atoms with van der Waals surface area (Å²) in [5, 5.41) is 12.3. The number of aliphatic hydroxyl groups is 1. The van der Waals surface area contributed by atoms with Gasteiger partial charge < -0.3 is 26.8 Å². The molecule has 1 aromatic rings. The van der Waals surface area contributed by atoms with Crippen LogP contribution in [-0.4, -0.2) is 47.8 Å². The normalized spacial score (nSPS) is 20.6. The van der Waals surface area contributed by atoms with Gasteiger partial charge in [-0.25, -0.2) is 4.98 Å². The number of nitrogens with one attached hydrogen (secondary N) is 1. The van der Waals surface area contributed by atoms with E-state index in [0.29, 0.717) is 4.88 Å². The van der Waals surface area contributed by atoms with Crippen molar-refractivity contribution in [2.75, 3.05) is 30.3 Å². The second-order valence-electron chi connectivity index (χ2n) is 4.76. The molecule has 0 spiro atoms. The molecule has 2 unspecified atom stereocenters. The first kappa shape index (κ1) is 14.0. The number of hydrogen-bond donors (Lipinski definition) is 4. The predicted molar refractivity (Wildman–Crippen MR) is 75.3 cm³/mol. The molecule has 19 heavy (non-hydrogen) atoms. The fraction of sp³-hybridized carbons (Fsp3) is 0.636. The van der Waals surface area contributed by atoms with Gasteiger partial charge in [-0.2, -0.15) is 0 Å². The summed E-state index contributed by atoms with van der Waals surface area (Å²) in [7, 11) is 0. The van der Waals surface area contributed by atoms with Gasteiger partial charge in [-0.05, 0) is 13.3 Å². The molecule has 1 amide bonds. The van der Waals surface area contributed by atoms with Crippen LogP contribution in [0.25, 0.3) is 0 Å². The summed E-state index contributed by atoms with van der Waals surface area (Å²) >= 11 is 1.26. The lowest BCUT2D eigenvalue weighted by Crippen LogP contribution is -2.34. The molecule has 6 N–H and O–H groups in total. The summed E-state index contributed by atoms with van der Waals surface area (Å²) in [6.07, 6.45) is 0.919. The van der Waals surface area contributed by atoms with Gasteiger partial charge in [0.05, 0.1) is 6.61 Å². The van der Waals surface area contributed by atoms with E-state index in [0.717, 1.165) is 24.6 Å². The van der Waals surface area contributed by atoms with E-state index >= 15 is 0 Å². The zero-order valence-corrected chi connectivity index (χ0v) is 11.6. The Bertz CT molecular complexity index is 464. The quantitative estimate of drug-likeness (QED) is 0.585. The SMILES string of the molecule is CC(CO)NC(=O)c1sc(N2CCC(N)C2)nc1N. The minimum Gasteiger partial charge on any atom is -0.394 e. The van der Waals surface area contributed by atoms with Gasteiger partial charge in [-0.15, -0.1) is 0 Å². The van der Waals surface area contributed by atoms with E-state index in [9.17, 15) is 4.79 Å². The molecule has 2 rings (SSSR count). The number of nitrogens with two attached hydrogens (primary N) is 2. The number of anilines is 2. The average molecular weight is 285 g/mol. The highest BCUT2D eigenvalue weighted by molar-refractivity contribution is 7.18. The van der Waals surface area contributed by atoms with E-state index in [1.54, 1.807) is 6.92 Å². The van der Waals surface area contributed by atoms with Crippen LogP contribution in [-0.2, 0) is 0 Å². The minimum absolute atomic E-state index is 0.113. The van der Waals surface area contributed by atoms with Gasteiger partial charge in [-0.1, -0.05) is 11.3 Å². The number of amides is 1. The van der Waals surface area contributed by atoms with E-state index in [1.165, 1.54) is 11.3 Å². The lowest BCUT2D eigenvalue weighted by Gasteiger charge is -2.13. The van der Waals surface area contributed by atoms with Crippen molar-refractivity contribution in [3.8, 4) is 0 Å². The molecule has 2 atom stereocenters. The van der Waals surface area contributed by atoms with Crippen LogP contribution >= 0.6 is 11.3 Å². The molecule has 1 aliphatic rings. The molecule has 0 saturated carbocycles. The Kier molecular flexibility index (Phi) is 4.23. The molecule has 1 fully saturated rings. The van der Waals surface area contributed by atoms with Crippen molar-refractivity contribution in [1.82, 2.24) is 10.3 Å². The smallest absolute Gasteiger partial charge is 0.265 e. The highest BCUT2D eigenvalue weighted by atomic mass is 32.1. The number of rotatable bonds is 4. The number of carbonyl (C=O) groups is 1. The molecule has 2 heterocycles. The zero-order chi connectivity index (χ0) is 14.0. The van der Waals surface area contributed by atoms with Crippen LogP contribution in [0.15, 0.2) is 0 Å². The molecular formula is C11H19N5O2S. The van der Waals surface area contributed by atoms with Crippen molar-refractivity contribution in [2.45, 2.75) is 25.4 Å². The summed E-state index contributed by atoms with van der Waals surface area (Å²) in [4.78, 5) is 18.6. The number of aromatic nitrogens is 1. The number of nitrogens with zero attached hydrogens (tertiary/aromatic N) is 2. The van der Waals surface area contributed by atoms with Gasteiger partial charge in [0.2, 0.25) is 0 Å². The van der Waals surface area contributed by atoms with E-state index in [4.69, 9.17) is 16.6 Å². The third-order valence-electron chi connectivity index (χ3n) is 2.99. The van der Waals surface area contributed by atoms with Crippen molar-refractivity contribution < 1.29 is 9.90 Å². The van der Waals surface area contributed by atoms with Gasteiger partial charge in [0.15, 0.2) is 5.13 Å². The van der Waals surface area contributed by atoms with Crippen LogP contribution in [0.2, 0.25) is 0 Å². The monoisotopic (exact) mass is 285 g/mol. The van der Waals surface area contributed by atoms with Gasteiger partial charge >= 0.3 is 0 Å². The highest BCUT2D eigenvalue weighted by Gasteiger charge is 2.25. The number of nitrogen functional groups attached to an aromatic ring is 1. The van der Waals surface area contributed by atoms with E-state index in [-0.39, 0.29) is 30.4 Å². The van der Waals surface area contributed by atoms with Crippen molar-refractivity contribution >= 4 is 28.2 Å². The molecule has 106 valence electrons. The molecule has 0 aromatic carbocycles. The Hall–Kier alpha value is -1.38. The van der Waals surface area contributed by atoms with Crippen LogP contribution < -0.4 is 21.7 Å². The summed E-state index contributed by atoms with van der Waals surface area (Å²) in [5.41, 5.74) is 11.6. The Morgan fingerprint density at radius 1 is 1.74 bits per heavy atom. The standard InChI is InChI=1S/C11H19N5O2S/c1-6(5-17)14-10(18)8-9(13)15-11(19-8)16-3-2-7(12)4-16/h6-7,17H,2-5,12-13H2,1H3,(H,14,18). The molecule has 8 heteroatoms. The lowest BCUT2D eigenvalue weighted by atomic mass is 10.3. The fourth-order valence-corrected chi connectivity index (χ4v) is 2.84. The summed E-state index contributed by atoms with van der Waals surface area (Å²) in [5.74, 6) is -0.0746. The zero-order valence-electron chi connectivity index (χ0n) is 10.8. The molecule has 0 aliphatic carbocycles. The first-order valence-electron chi connectivity index (χ1n) is 6.19. The topological polar surface area (TPSA) is 118 Å². The first-order valence-corrected chi connectivity index (χ1v) is 7.01. The molecule has 1 saturated heterocycles. The molecule has 0 radical (unpaired) electrons. The Balaban J connectivity index is 2.10. The summed E-state index contributed by atoms with van der Waals surface area (Å²) in [6, 6.07) is -0.158. The number of thiazole rings is 1. The van der Waals surface area contributed by atoms with Gasteiger partial charge in [0, 0.05) is 25.2 Å². The maximum atomic E-state index is 12.0. The van der Waals surface area contributed by atoms with Crippen LogP contribution in [0.3, 0.4) is 0 Å². The highest BCUT2D eigenvalue weighted by Crippen LogP contribution is 2.30. The summed E-state index contributed by atoms with van der Waals surface area (Å²) < 4.78 is 0. The second kappa shape index (κ2) is 5.72. The maximum Gasteiger partial charge on any atom is 0.265 e. The number of hydrogen-bond acceptors (Lipinski definition) is 7. The predicted octanol–water partition coefficient (Wildman–Crippen LogP) is -0.627. The average Bonchev–Trinajstić information content (AvgIpc) is 2.95. The summed E-state index contributed by atoms with van der Waals surface area (Å²) in [6.45, 7) is 3.18. The van der Waals surface area contributed by atoms with Gasteiger partial charge in [0.1, 0.15) is 10.7 Å². The van der Waals surface area contributed by atoms with Crippen LogP contribution in [0.1, 0.15) is 23.0 Å². The molecular weight excluding hydrogens is 266 g/mol. The Morgan fingerprint density at radius 3 is 3.05 bits per heavy atom. The van der Waals surface area contributed by atoms with Gasteiger partial charge in [0.25, 0.3) is 5.91 Å². The number of carbonyl (C=O) groups excluding carboxylic acids is 1. The Morgan fingerprint density at radius 2 is 2.47 bits per heavy atom. The maximum absolute atomic E-state index is 12.0. The van der Waals surface area contributed by atoms with E-state index in [1.807, 2.05) is 4.90 Å². The largest absolute Gasteiger partial charge is 0.394 e. The minimum atomic E-state index is -0.308. The van der Waals surface area contributed by atoms with Crippen LogP contribution in [0.4, 0.5) is 10.9 Å². The van der Waals surface area contributed by atoms with E-state index < -0.39 is 0 Å². The van der Waals surface area contributed by atoms with Crippen LogP contribution in [0, 0.1) is 0 Å². The molecule has 7 nitrogen and oxygen atoms in total. The van der Waals surface area contributed by atoms with Gasteiger partial charge in [-0.3, -0.25) is 4.79 Å². The third kappa shape index (κ3) is 3.14. The second-order valence-corrected chi connectivity index (χ2v) is 5.74. The molecule has 1 aliphatic heterocycles. The van der Waals surface area contributed by atoms with Crippen LogP contribution in [0.5, 0.6) is 0 Å². The molecule has 1 aromatic heterocycles. The van der Waals surface area contributed by atoms with Crippen molar-refractivity contribution in [3.63, 3.8) is 0 Å². The Labute approximate surface area is 115 Å². The van der Waals surface area contributed by atoms with E-state index in [2.05, 4.69) is 10.3 Å². The van der Waals surface area contributed by atoms with Crippen molar-refractivity contribution in [1.29, 1.82) is 0 Å². The first-order chi connectivity index (χ1) is 9.01. The molecule has 0 bridgehead atoms. The number of aliphatic hydroxyl groups excluding tert-OH is 1. The lowest BCUT2D eigenvalue weighted by molar-refractivity contribution is 0.0927. The van der Waals surface area contributed by atoms with Crippen molar-refractivity contribution in [3.05, 3.63) is 4.88 Å². The fourth-order valence-electron chi connectivity index (χ4n) is 1.91.